The summed E-state index contributed by atoms with van der Waals surface area (Å²) in [7, 11) is -0.839. The van der Waals surface area contributed by atoms with Crippen LogP contribution in [0.5, 0.6) is 5.75 Å². The Kier molecular flexibility index (Phi) is 5.65. The van der Waals surface area contributed by atoms with Gasteiger partial charge in [-0.2, -0.15) is 0 Å². The molecule has 0 spiro atoms. The van der Waals surface area contributed by atoms with Crippen LogP contribution in [0.15, 0.2) is 47.4 Å². The number of methoxy groups -OCH3 is 1. The van der Waals surface area contributed by atoms with Crippen molar-refractivity contribution in [3.05, 3.63) is 52.4 Å². The van der Waals surface area contributed by atoms with Gasteiger partial charge in [-0.1, -0.05) is 11.6 Å². The fourth-order valence-corrected chi connectivity index (χ4v) is 6.06. The van der Waals surface area contributed by atoms with Crippen LogP contribution in [-0.2, 0) is 10.0 Å². The molecular formula is C21H21ClN2O4S2. The Morgan fingerprint density at radius 2 is 1.87 bits per heavy atom. The van der Waals surface area contributed by atoms with E-state index in [0.29, 0.717) is 16.3 Å². The molecule has 0 radical (unpaired) electrons. The predicted molar refractivity (Wildman–Crippen MR) is 121 cm³/mol. The quantitative estimate of drug-likeness (QED) is 0.552. The number of likely N-dealkylation sites (tertiary alicyclic amines) is 1. The van der Waals surface area contributed by atoms with Crippen LogP contribution in [0.3, 0.4) is 0 Å². The highest BCUT2D eigenvalue weighted by molar-refractivity contribution is 7.92. The monoisotopic (exact) mass is 464 g/mol. The van der Waals surface area contributed by atoms with Crippen molar-refractivity contribution in [3.8, 4) is 5.75 Å². The number of amides is 1. The van der Waals surface area contributed by atoms with E-state index in [0.717, 1.165) is 36.0 Å². The lowest BCUT2D eigenvalue weighted by Crippen LogP contribution is -2.26. The molecule has 1 aliphatic rings. The number of fused-ring (bicyclic) bond motifs is 1. The number of rotatable bonds is 5. The Hall–Kier alpha value is -2.29. The number of thiophene rings is 1. The zero-order valence-electron chi connectivity index (χ0n) is 16.6. The number of anilines is 1. The first-order valence-electron chi connectivity index (χ1n) is 9.46. The number of nitrogens with zero attached hydrogens (tertiary/aromatic N) is 2. The van der Waals surface area contributed by atoms with Crippen molar-refractivity contribution in [1.29, 1.82) is 0 Å². The van der Waals surface area contributed by atoms with Crippen molar-refractivity contribution in [2.75, 3.05) is 31.6 Å². The average molecular weight is 465 g/mol. The van der Waals surface area contributed by atoms with E-state index in [2.05, 4.69) is 0 Å². The molecule has 30 heavy (non-hydrogen) atoms. The van der Waals surface area contributed by atoms with E-state index in [1.165, 1.54) is 48.0 Å². The minimum atomic E-state index is -3.81. The van der Waals surface area contributed by atoms with E-state index in [4.69, 9.17) is 16.3 Å². The van der Waals surface area contributed by atoms with Crippen molar-refractivity contribution >= 4 is 54.6 Å². The van der Waals surface area contributed by atoms with Crippen LogP contribution in [0, 0.1) is 0 Å². The number of sulfonamides is 1. The van der Waals surface area contributed by atoms with Crippen LogP contribution in [0.1, 0.15) is 22.5 Å². The summed E-state index contributed by atoms with van der Waals surface area (Å²) in [5.41, 5.74) is 0.507. The molecule has 1 saturated heterocycles. The van der Waals surface area contributed by atoms with E-state index in [1.54, 1.807) is 12.1 Å². The molecule has 1 aromatic heterocycles. The molecule has 158 valence electrons. The molecule has 1 aliphatic heterocycles. The molecule has 0 atom stereocenters. The van der Waals surface area contributed by atoms with Gasteiger partial charge in [-0.15, -0.1) is 11.3 Å². The number of hydrogen-bond donors (Lipinski definition) is 0. The normalized spacial score (nSPS) is 14.3. The lowest BCUT2D eigenvalue weighted by atomic mass is 10.2. The van der Waals surface area contributed by atoms with Gasteiger partial charge in [0.15, 0.2) is 0 Å². The molecule has 2 heterocycles. The molecule has 1 amide bonds. The van der Waals surface area contributed by atoms with Gasteiger partial charge in [0.2, 0.25) is 0 Å². The molecule has 0 saturated carbocycles. The third-order valence-electron chi connectivity index (χ3n) is 5.25. The smallest absolute Gasteiger partial charge is 0.264 e. The molecule has 6 nitrogen and oxygen atoms in total. The number of carbonyl (C=O) groups excluding carboxylic acids is 1. The van der Waals surface area contributed by atoms with E-state index in [1.807, 2.05) is 17.0 Å². The van der Waals surface area contributed by atoms with Crippen LogP contribution < -0.4 is 9.04 Å². The van der Waals surface area contributed by atoms with Crippen molar-refractivity contribution in [1.82, 2.24) is 4.90 Å². The molecular weight excluding hydrogens is 444 g/mol. The summed E-state index contributed by atoms with van der Waals surface area (Å²) in [4.78, 5) is 15.3. The fourth-order valence-electron chi connectivity index (χ4n) is 3.51. The minimum absolute atomic E-state index is 0.0455. The number of halogens is 1. The fraction of sp³-hybridized carbons (Fsp3) is 0.286. The Balaban J connectivity index is 1.65. The summed E-state index contributed by atoms with van der Waals surface area (Å²) in [6.45, 7) is 1.59. The second-order valence-electron chi connectivity index (χ2n) is 7.10. The molecule has 0 aliphatic carbocycles. The second-order valence-corrected chi connectivity index (χ2v) is 10.6. The number of carbonyl (C=O) groups is 1. The molecule has 1 fully saturated rings. The van der Waals surface area contributed by atoms with Gasteiger partial charge in [0.25, 0.3) is 15.9 Å². The average Bonchev–Trinajstić information content (AvgIpc) is 3.41. The summed E-state index contributed by atoms with van der Waals surface area (Å²) in [6.07, 6.45) is 2.08. The van der Waals surface area contributed by atoms with Crippen molar-refractivity contribution in [2.24, 2.45) is 0 Å². The predicted octanol–water partition coefficient (Wildman–Crippen LogP) is 4.62. The van der Waals surface area contributed by atoms with Crippen LogP contribution in [0.25, 0.3) is 10.1 Å². The zero-order valence-corrected chi connectivity index (χ0v) is 19.0. The Bertz CT molecular complexity index is 1220. The number of benzene rings is 2. The summed E-state index contributed by atoms with van der Waals surface area (Å²) < 4.78 is 33.4. The number of hydrogen-bond acceptors (Lipinski definition) is 5. The largest absolute Gasteiger partial charge is 0.495 e. The van der Waals surface area contributed by atoms with Crippen LogP contribution in [-0.4, -0.2) is 46.5 Å². The van der Waals surface area contributed by atoms with Crippen LogP contribution in [0.2, 0.25) is 5.02 Å². The van der Waals surface area contributed by atoms with Gasteiger partial charge in [-0.3, -0.25) is 9.10 Å². The standard InChI is InChI=1S/C21H21ClN2O4S2/c1-23(30(26,27)16-6-7-18(28-2)17(22)13-16)15-5-8-19-14(11-15)12-20(29-19)21(25)24-9-3-4-10-24/h5-8,11-13H,3-4,9-10H2,1-2H3. The zero-order chi connectivity index (χ0) is 21.5. The van der Waals surface area contributed by atoms with Crippen LogP contribution in [0.4, 0.5) is 5.69 Å². The van der Waals surface area contributed by atoms with Gasteiger partial charge in [0.1, 0.15) is 5.75 Å². The SMILES string of the molecule is COc1ccc(S(=O)(=O)N(C)c2ccc3sc(C(=O)N4CCCC4)cc3c2)cc1Cl. The first-order chi connectivity index (χ1) is 14.3. The lowest BCUT2D eigenvalue weighted by molar-refractivity contribution is 0.0797. The van der Waals surface area contributed by atoms with Gasteiger partial charge in [-0.25, -0.2) is 8.42 Å². The summed E-state index contributed by atoms with van der Waals surface area (Å²) in [5, 5.41) is 1.07. The third kappa shape index (κ3) is 3.75. The first kappa shape index (κ1) is 21.0. The van der Waals surface area contributed by atoms with Crippen LogP contribution >= 0.6 is 22.9 Å². The van der Waals surface area contributed by atoms with Gasteiger partial charge in [-0.05, 0) is 60.7 Å². The first-order valence-corrected chi connectivity index (χ1v) is 12.1. The molecule has 2 aromatic carbocycles. The van der Waals surface area contributed by atoms with Crippen molar-refractivity contribution in [3.63, 3.8) is 0 Å². The molecule has 3 aromatic rings. The highest BCUT2D eigenvalue weighted by Gasteiger charge is 2.24. The van der Waals surface area contributed by atoms with Crippen molar-refractivity contribution < 1.29 is 17.9 Å². The summed E-state index contributed by atoms with van der Waals surface area (Å²) >= 11 is 7.54. The summed E-state index contributed by atoms with van der Waals surface area (Å²) in [6, 6.07) is 11.6. The minimum Gasteiger partial charge on any atom is -0.495 e. The van der Waals surface area contributed by atoms with Gasteiger partial charge in [0, 0.05) is 24.8 Å². The van der Waals surface area contributed by atoms with E-state index in [-0.39, 0.29) is 15.8 Å². The summed E-state index contributed by atoms with van der Waals surface area (Å²) in [5.74, 6) is 0.456. The Morgan fingerprint density at radius 3 is 2.53 bits per heavy atom. The maximum absolute atomic E-state index is 13.1. The van der Waals surface area contributed by atoms with Gasteiger partial charge < -0.3 is 9.64 Å². The molecule has 0 bridgehead atoms. The van der Waals surface area contributed by atoms with Gasteiger partial charge in [0.05, 0.1) is 27.6 Å². The highest BCUT2D eigenvalue weighted by Crippen LogP contribution is 2.33. The third-order valence-corrected chi connectivity index (χ3v) is 8.43. The lowest BCUT2D eigenvalue weighted by Gasteiger charge is -2.20. The number of ether oxygens (including phenoxy) is 1. The molecule has 4 rings (SSSR count). The van der Waals surface area contributed by atoms with Gasteiger partial charge >= 0.3 is 0 Å². The van der Waals surface area contributed by atoms with E-state index < -0.39 is 10.0 Å². The molecule has 0 unspecified atom stereocenters. The Morgan fingerprint density at radius 1 is 1.13 bits per heavy atom. The maximum atomic E-state index is 13.1. The van der Waals surface area contributed by atoms with Crippen molar-refractivity contribution in [2.45, 2.75) is 17.7 Å². The molecule has 0 N–H and O–H groups in total. The topological polar surface area (TPSA) is 66.9 Å². The highest BCUT2D eigenvalue weighted by atomic mass is 35.5. The molecule has 9 heteroatoms. The maximum Gasteiger partial charge on any atom is 0.264 e. The Labute approximate surface area is 184 Å². The van der Waals surface area contributed by atoms with E-state index >= 15 is 0 Å². The second kappa shape index (κ2) is 8.09. The van der Waals surface area contributed by atoms with E-state index in [9.17, 15) is 13.2 Å².